The molecule has 0 bridgehead atoms. The van der Waals surface area contributed by atoms with Crippen LogP contribution in [0.3, 0.4) is 0 Å². The molecule has 1 aliphatic carbocycles. The minimum Gasteiger partial charge on any atom is -0.462 e. The second kappa shape index (κ2) is 7.86. The Kier molecular flexibility index (Phi) is 5.27. The van der Waals surface area contributed by atoms with Crippen LogP contribution in [0.25, 0.3) is 10.8 Å². The molecule has 1 aliphatic heterocycles. The van der Waals surface area contributed by atoms with Crippen LogP contribution >= 0.6 is 0 Å². The maximum Gasteiger partial charge on any atom is 0.335 e. The maximum absolute atomic E-state index is 12.7. The van der Waals surface area contributed by atoms with Crippen molar-refractivity contribution in [1.82, 2.24) is 0 Å². The number of Topliss-reactive ketones (excluding diaryl/α,β-unsaturated/α-hetero) is 1. The lowest BCUT2D eigenvalue weighted by Gasteiger charge is -2.34. The lowest BCUT2D eigenvalue weighted by atomic mass is 9.87. The van der Waals surface area contributed by atoms with E-state index in [1.165, 1.54) is 0 Å². The third-order valence-corrected chi connectivity index (χ3v) is 5.50. The van der Waals surface area contributed by atoms with Crippen molar-refractivity contribution in [3.05, 3.63) is 65.0 Å². The molecule has 2 aromatic carbocycles. The molecule has 1 heterocycles. The van der Waals surface area contributed by atoms with E-state index in [9.17, 15) is 9.59 Å². The number of hydrogen-bond acceptors (Lipinski definition) is 4. The summed E-state index contributed by atoms with van der Waals surface area (Å²) in [5.74, 6) is 0.0899. The van der Waals surface area contributed by atoms with Gasteiger partial charge >= 0.3 is 5.97 Å². The Bertz CT molecular complexity index is 1050. The van der Waals surface area contributed by atoms with Crippen LogP contribution in [-0.4, -0.2) is 18.4 Å². The quantitative estimate of drug-likeness (QED) is 0.653. The second-order valence-corrected chi connectivity index (χ2v) is 8.40. The first-order valence-corrected chi connectivity index (χ1v) is 10.4. The number of benzene rings is 2. The Morgan fingerprint density at radius 1 is 1.17 bits per heavy atom. The highest BCUT2D eigenvalue weighted by atomic mass is 16.5. The Morgan fingerprint density at radius 2 is 1.97 bits per heavy atom. The van der Waals surface area contributed by atoms with E-state index in [-0.39, 0.29) is 17.7 Å². The van der Waals surface area contributed by atoms with Gasteiger partial charge in [-0.3, -0.25) is 4.79 Å². The summed E-state index contributed by atoms with van der Waals surface area (Å²) in [5, 5.41) is 2.26. The van der Waals surface area contributed by atoms with E-state index in [1.807, 2.05) is 32.2 Å². The molecule has 0 amide bonds. The number of allylic oxidation sites excluding steroid dienone is 2. The largest absolute Gasteiger partial charge is 0.462 e. The number of nitrogens with zero attached hydrogens (tertiary/aromatic N) is 1. The fourth-order valence-corrected chi connectivity index (χ4v) is 4.13. The number of fused-ring (bicyclic) bond motifs is 1. The fourth-order valence-electron chi connectivity index (χ4n) is 4.13. The van der Waals surface area contributed by atoms with Gasteiger partial charge in [0.05, 0.1) is 17.9 Å². The Morgan fingerprint density at radius 3 is 2.76 bits per heavy atom. The zero-order chi connectivity index (χ0) is 20.5. The number of rotatable bonds is 4. The van der Waals surface area contributed by atoms with Gasteiger partial charge < -0.3 is 9.64 Å². The lowest BCUT2D eigenvalue weighted by Crippen LogP contribution is -2.30. The first-order valence-electron chi connectivity index (χ1n) is 10.4. The first-order chi connectivity index (χ1) is 13.9. The minimum atomic E-state index is -0.328. The Labute approximate surface area is 171 Å². The lowest BCUT2D eigenvalue weighted by molar-refractivity contribution is -0.140. The van der Waals surface area contributed by atoms with Gasteiger partial charge in [-0.05, 0) is 42.7 Å². The monoisotopic (exact) mass is 389 g/mol. The smallest absolute Gasteiger partial charge is 0.335 e. The number of esters is 1. The van der Waals surface area contributed by atoms with Gasteiger partial charge in [0.2, 0.25) is 0 Å². The second-order valence-electron chi connectivity index (χ2n) is 8.40. The third-order valence-electron chi connectivity index (χ3n) is 5.50. The van der Waals surface area contributed by atoms with Gasteiger partial charge in [-0.25, -0.2) is 4.79 Å². The zero-order valence-electron chi connectivity index (χ0n) is 17.3. The van der Waals surface area contributed by atoms with E-state index >= 15 is 0 Å². The average molecular weight is 389 g/mol. The van der Waals surface area contributed by atoms with Crippen LogP contribution in [0.4, 0.5) is 5.69 Å². The van der Waals surface area contributed by atoms with Crippen LogP contribution < -0.4 is 4.90 Å². The molecule has 0 saturated carbocycles. The third kappa shape index (κ3) is 3.84. The van der Waals surface area contributed by atoms with E-state index in [0.717, 1.165) is 46.1 Å². The molecule has 0 N–H and O–H groups in total. The van der Waals surface area contributed by atoms with Gasteiger partial charge in [0.1, 0.15) is 0 Å². The van der Waals surface area contributed by atoms with Gasteiger partial charge in [-0.2, -0.15) is 0 Å². The summed E-state index contributed by atoms with van der Waals surface area (Å²) in [6.07, 6.45) is 4.50. The van der Waals surface area contributed by atoms with Crippen LogP contribution in [0.1, 0.15) is 45.1 Å². The first kappa shape index (κ1) is 19.4. The summed E-state index contributed by atoms with van der Waals surface area (Å²) >= 11 is 0. The number of anilines is 1. The highest BCUT2D eigenvalue weighted by Crippen LogP contribution is 2.40. The highest BCUT2D eigenvalue weighted by molar-refractivity contribution is 6.04. The average Bonchev–Trinajstić information content (AvgIpc) is 2.71. The molecule has 0 spiro atoms. The number of carbonyl (C=O) groups is 2. The summed E-state index contributed by atoms with van der Waals surface area (Å²) < 4.78 is 5.49. The normalized spacial score (nSPS) is 16.9. The van der Waals surface area contributed by atoms with Crippen molar-refractivity contribution in [2.45, 2.75) is 46.5 Å². The van der Waals surface area contributed by atoms with E-state index in [1.54, 1.807) is 0 Å². The van der Waals surface area contributed by atoms with Crippen LogP contribution in [0.2, 0.25) is 0 Å². The molecule has 4 nitrogen and oxygen atoms in total. The van der Waals surface area contributed by atoms with Gasteiger partial charge in [-0.15, -0.1) is 0 Å². The summed E-state index contributed by atoms with van der Waals surface area (Å²) in [7, 11) is 0. The van der Waals surface area contributed by atoms with Crippen LogP contribution in [0, 0.1) is 12.8 Å². The number of hydrogen-bond donors (Lipinski definition) is 0. The number of aryl methyl sites for hydroxylation is 1. The van der Waals surface area contributed by atoms with Gasteiger partial charge in [0.15, 0.2) is 5.78 Å². The molecule has 0 radical (unpaired) electrons. The van der Waals surface area contributed by atoms with E-state index in [2.05, 4.69) is 36.1 Å². The van der Waals surface area contributed by atoms with Gasteiger partial charge in [0.25, 0.3) is 0 Å². The SMILES string of the molecule is Cc1cc(N2C=C(C(=O)OCC(C)C)CC3=C2CCCC3=O)c2ccccc2c1. The molecule has 0 aromatic heterocycles. The Hall–Kier alpha value is -2.88. The standard InChI is InChI=1S/C25H27NO3/c1-16(2)15-29-25(28)19-13-21-22(9-6-10-24(21)27)26(14-19)23-12-17(3)11-18-7-4-5-8-20(18)23/h4-5,7-8,11-12,14,16H,6,9-10,13,15H2,1-3H3. The Balaban J connectivity index is 1.83. The van der Waals surface area contributed by atoms with Crippen molar-refractivity contribution < 1.29 is 14.3 Å². The summed E-state index contributed by atoms with van der Waals surface area (Å²) in [6, 6.07) is 12.5. The number of ketones is 1. The molecule has 29 heavy (non-hydrogen) atoms. The van der Waals surface area contributed by atoms with Crippen molar-refractivity contribution in [2.75, 3.05) is 11.5 Å². The minimum absolute atomic E-state index is 0.149. The molecule has 0 atom stereocenters. The predicted molar refractivity (Wildman–Crippen MR) is 116 cm³/mol. The number of carbonyl (C=O) groups excluding carboxylic acids is 2. The van der Waals surface area contributed by atoms with E-state index in [0.29, 0.717) is 25.0 Å². The van der Waals surface area contributed by atoms with Crippen molar-refractivity contribution in [3.63, 3.8) is 0 Å². The fraction of sp³-hybridized carbons (Fsp3) is 0.360. The zero-order valence-corrected chi connectivity index (χ0v) is 17.3. The summed E-state index contributed by atoms with van der Waals surface area (Å²) in [4.78, 5) is 27.5. The summed E-state index contributed by atoms with van der Waals surface area (Å²) in [5.41, 5.74) is 4.49. The van der Waals surface area contributed by atoms with Crippen molar-refractivity contribution in [1.29, 1.82) is 0 Å². The molecule has 0 saturated heterocycles. The molecular formula is C25H27NO3. The maximum atomic E-state index is 12.7. The summed E-state index contributed by atoms with van der Waals surface area (Å²) in [6.45, 7) is 6.48. The van der Waals surface area contributed by atoms with Gasteiger partial charge in [-0.1, -0.05) is 44.2 Å². The van der Waals surface area contributed by atoms with Gasteiger partial charge in [0, 0.05) is 35.7 Å². The van der Waals surface area contributed by atoms with Crippen LogP contribution in [-0.2, 0) is 14.3 Å². The van der Waals surface area contributed by atoms with E-state index in [4.69, 9.17) is 4.74 Å². The molecule has 0 unspecified atom stereocenters. The number of ether oxygens (including phenoxy) is 1. The molecule has 4 rings (SSSR count). The molecular weight excluding hydrogens is 362 g/mol. The predicted octanol–water partition coefficient (Wildman–Crippen LogP) is 5.45. The topological polar surface area (TPSA) is 46.6 Å². The molecule has 150 valence electrons. The van der Waals surface area contributed by atoms with Crippen LogP contribution in [0.15, 0.2) is 59.4 Å². The van der Waals surface area contributed by atoms with Crippen molar-refractivity contribution >= 4 is 28.2 Å². The molecule has 2 aromatic rings. The molecule has 0 fully saturated rings. The van der Waals surface area contributed by atoms with Crippen molar-refractivity contribution in [2.24, 2.45) is 5.92 Å². The molecule has 2 aliphatic rings. The van der Waals surface area contributed by atoms with Crippen LogP contribution in [0.5, 0.6) is 0 Å². The van der Waals surface area contributed by atoms with E-state index < -0.39 is 0 Å². The molecule has 4 heteroatoms. The van der Waals surface area contributed by atoms with Crippen molar-refractivity contribution in [3.8, 4) is 0 Å². The highest BCUT2D eigenvalue weighted by Gasteiger charge is 2.32.